The predicted octanol–water partition coefficient (Wildman–Crippen LogP) is 2.11. The molecule has 0 aliphatic heterocycles. The second kappa shape index (κ2) is 4.61. The summed E-state index contributed by atoms with van der Waals surface area (Å²) in [4.78, 5) is 10.9. The van der Waals surface area contributed by atoms with Crippen LogP contribution in [0.5, 0.6) is 5.75 Å². The van der Waals surface area contributed by atoms with Crippen LogP contribution >= 0.6 is 0 Å². The smallest absolute Gasteiger partial charge is 0.308 e. The molecule has 17 heavy (non-hydrogen) atoms. The Morgan fingerprint density at radius 1 is 1.53 bits per heavy atom. The summed E-state index contributed by atoms with van der Waals surface area (Å²) in [6.45, 7) is 0. The van der Waals surface area contributed by atoms with Gasteiger partial charge in [0.1, 0.15) is 11.6 Å². The van der Waals surface area contributed by atoms with Gasteiger partial charge in [-0.25, -0.2) is 4.39 Å². The number of hydrogen-bond donors (Lipinski definition) is 2. The number of carboxylic acid groups (broad SMARTS) is 1. The Balaban J connectivity index is 2.11. The standard InChI is InChI=1S/C12H14FNO3/c1-17-11-6-7(13)2-4-10(11)14-9-5-3-8(9)12(15)16/h2,4,6,8-9,14H,3,5H2,1H3,(H,15,16). The lowest BCUT2D eigenvalue weighted by Crippen LogP contribution is -2.43. The van der Waals surface area contributed by atoms with E-state index in [1.54, 1.807) is 6.07 Å². The summed E-state index contributed by atoms with van der Waals surface area (Å²) in [5.74, 6) is -1.16. The van der Waals surface area contributed by atoms with Crippen LogP contribution in [0.15, 0.2) is 18.2 Å². The number of methoxy groups -OCH3 is 1. The van der Waals surface area contributed by atoms with Crippen molar-refractivity contribution in [1.29, 1.82) is 0 Å². The van der Waals surface area contributed by atoms with Gasteiger partial charge >= 0.3 is 5.97 Å². The van der Waals surface area contributed by atoms with Crippen LogP contribution in [0.4, 0.5) is 10.1 Å². The molecule has 2 unspecified atom stereocenters. The largest absolute Gasteiger partial charge is 0.494 e. The highest BCUT2D eigenvalue weighted by molar-refractivity contribution is 5.73. The molecule has 0 heterocycles. The Bertz CT molecular complexity index is 436. The van der Waals surface area contributed by atoms with Gasteiger partial charge in [0.05, 0.1) is 18.7 Å². The van der Waals surface area contributed by atoms with Crippen molar-refractivity contribution in [3.63, 3.8) is 0 Å². The normalized spacial score (nSPS) is 22.7. The molecule has 0 amide bonds. The number of halogens is 1. The van der Waals surface area contributed by atoms with Crippen LogP contribution in [-0.4, -0.2) is 24.2 Å². The van der Waals surface area contributed by atoms with Gasteiger partial charge in [0.25, 0.3) is 0 Å². The first-order valence-corrected chi connectivity index (χ1v) is 5.44. The maximum Gasteiger partial charge on any atom is 0.308 e. The molecule has 2 rings (SSSR count). The van der Waals surface area contributed by atoms with E-state index in [1.165, 1.54) is 19.2 Å². The van der Waals surface area contributed by atoms with E-state index < -0.39 is 5.97 Å². The number of nitrogens with one attached hydrogen (secondary N) is 1. The van der Waals surface area contributed by atoms with Gasteiger partial charge in [0, 0.05) is 12.1 Å². The minimum atomic E-state index is -0.796. The number of benzene rings is 1. The van der Waals surface area contributed by atoms with E-state index in [4.69, 9.17) is 9.84 Å². The van der Waals surface area contributed by atoms with Crippen molar-refractivity contribution >= 4 is 11.7 Å². The quantitative estimate of drug-likeness (QED) is 0.844. The summed E-state index contributed by atoms with van der Waals surface area (Å²) in [6, 6.07) is 4.05. The predicted molar refractivity (Wildman–Crippen MR) is 60.7 cm³/mol. The van der Waals surface area contributed by atoms with Crippen LogP contribution < -0.4 is 10.1 Å². The summed E-state index contributed by atoms with van der Waals surface area (Å²) < 4.78 is 18.0. The third-order valence-corrected chi connectivity index (χ3v) is 3.10. The zero-order valence-electron chi connectivity index (χ0n) is 9.44. The van der Waals surface area contributed by atoms with Gasteiger partial charge in [0.15, 0.2) is 0 Å². The second-order valence-corrected chi connectivity index (χ2v) is 4.12. The van der Waals surface area contributed by atoms with Gasteiger partial charge in [-0.05, 0) is 25.0 Å². The summed E-state index contributed by atoms with van der Waals surface area (Å²) in [7, 11) is 1.45. The fourth-order valence-electron chi connectivity index (χ4n) is 1.95. The van der Waals surface area contributed by atoms with E-state index in [2.05, 4.69) is 5.32 Å². The Morgan fingerprint density at radius 2 is 2.29 bits per heavy atom. The minimum absolute atomic E-state index is 0.105. The minimum Gasteiger partial charge on any atom is -0.494 e. The number of anilines is 1. The summed E-state index contributed by atoms with van der Waals surface area (Å²) in [5, 5.41) is 12.0. The number of aliphatic carboxylic acids is 1. The van der Waals surface area contributed by atoms with Crippen LogP contribution in [0.2, 0.25) is 0 Å². The van der Waals surface area contributed by atoms with Crippen LogP contribution in [0.25, 0.3) is 0 Å². The Morgan fingerprint density at radius 3 is 2.82 bits per heavy atom. The van der Waals surface area contributed by atoms with Gasteiger partial charge in [0.2, 0.25) is 0 Å². The lowest BCUT2D eigenvalue weighted by molar-refractivity contribution is -0.144. The maximum absolute atomic E-state index is 13.0. The number of carbonyl (C=O) groups is 1. The first-order chi connectivity index (χ1) is 8.11. The second-order valence-electron chi connectivity index (χ2n) is 4.12. The highest BCUT2D eigenvalue weighted by Gasteiger charge is 2.36. The Labute approximate surface area is 98.4 Å². The molecule has 1 aromatic carbocycles. The molecule has 1 aliphatic rings. The molecule has 0 bridgehead atoms. The van der Waals surface area contributed by atoms with Crippen LogP contribution in [-0.2, 0) is 4.79 Å². The van der Waals surface area contributed by atoms with E-state index in [-0.39, 0.29) is 17.8 Å². The average molecular weight is 239 g/mol. The molecule has 92 valence electrons. The lowest BCUT2D eigenvalue weighted by atomic mass is 9.79. The van der Waals surface area contributed by atoms with Crippen LogP contribution in [0, 0.1) is 11.7 Å². The molecule has 1 saturated carbocycles. The number of rotatable bonds is 4. The average Bonchev–Trinajstić information content (AvgIpc) is 2.24. The van der Waals surface area contributed by atoms with Crippen molar-refractivity contribution in [1.82, 2.24) is 0 Å². The van der Waals surface area contributed by atoms with E-state index >= 15 is 0 Å². The summed E-state index contributed by atoms with van der Waals surface area (Å²) >= 11 is 0. The van der Waals surface area contributed by atoms with Crippen molar-refractivity contribution in [2.45, 2.75) is 18.9 Å². The van der Waals surface area contributed by atoms with E-state index in [9.17, 15) is 9.18 Å². The Kier molecular flexibility index (Phi) is 3.17. The molecule has 2 atom stereocenters. The molecule has 5 heteroatoms. The molecule has 1 aromatic rings. The zero-order valence-corrected chi connectivity index (χ0v) is 9.44. The maximum atomic E-state index is 13.0. The topological polar surface area (TPSA) is 58.6 Å². The van der Waals surface area contributed by atoms with Crippen molar-refractivity contribution in [3.05, 3.63) is 24.0 Å². The SMILES string of the molecule is COc1cc(F)ccc1NC1CCC1C(=O)O. The third kappa shape index (κ3) is 2.33. The number of ether oxygens (including phenoxy) is 1. The van der Waals surface area contributed by atoms with Gasteiger partial charge in [-0.2, -0.15) is 0 Å². The molecule has 2 N–H and O–H groups in total. The fraction of sp³-hybridized carbons (Fsp3) is 0.417. The summed E-state index contributed by atoms with van der Waals surface area (Å²) in [6.07, 6.45) is 1.48. The highest BCUT2D eigenvalue weighted by atomic mass is 19.1. The first-order valence-electron chi connectivity index (χ1n) is 5.44. The van der Waals surface area contributed by atoms with Gasteiger partial charge in [-0.1, -0.05) is 0 Å². The number of carboxylic acids is 1. The van der Waals surface area contributed by atoms with E-state index in [0.717, 1.165) is 6.42 Å². The molecule has 0 saturated heterocycles. The van der Waals surface area contributed by atoms with Crippen molar-refractivity contribution < 1.29 is 19.0 Å². The van der Waals surface area contributed by atoms with Gasteiger partial charge < -0.3 is 15.2 Å². The molecular weight excluding hydrogens is 225 g/mol. The third-order valence-electron chi connectivity index (χ3n) is 3.10. The molecule has 1 aliphatic carbocycles. The molecule has 0 spiro atoms. The number of hydrogen-bond acceptors (Lipinski definition) is 3. The summed E-state index contributed by atoms with van der Waals surface area (Å²) in [5.41, 5.74) is 0.629. The highest BCUT2D eigenvalue weighted by Crippen LogP contribution is 2.34. The van der Waals surface area contributed by atoms with Gasteiger partial charge in [-0.15, -0.1) is 0 Å². The van der Waals surface area contributed by atoms with Crippen molar-refractivity contribution in [2.75, 3.05) is 12.4 Å². The fourth-order valence-corrected chi connectivity index (χ4v) is 1.95. The molecule has 0 radical (unpaired) electrons. The van der Waals surface area contributed by atoms with E-state index in [0.29, 0.717) is 17.9 Å². The van der Waals surface area contributed by atoms with Crippen molar-refractivity contribution in [3.8, 4) is 5.75 Å². The van der Waals surface area contributed by atoms with E-state index in [1.807, 2.05) is 0 Å². The molecule has 4 nitrogen and oxygen atoms in total. The monoisotopic (exact) mass is 239 g/mol. The lowest BCUT2D eigenvalue weighted by Gasteiger charge is -2.35. The molecule has 1 fully saturated rings. The van der Waals surface area contributed by atoms with Gasteiger partial charge in [-0.3, -0.25) is 4.79 Å². The molecule has 0 aromatic heterocycles. The molecular formula is C12H14FNO3. The zero-order chi connectivity index (χ0) is 12.4. The first kappa shape index (κ1) is 11.7. The van der Waals surface area contributed by atoms with Crippen LogP contribution in [0.1, 0.15) is 12.8 Å². The van der Waals surface area contributed by atoms with Crippen LogP contribution in [0.3, 0.4) is 0 Å². The Hall–Kier alpha value is -1.78. The van der Waals surface area contributed by atoms with Crippen molar-refractivity contribution in [2.24, 2.45) is 5.92 Å².